The van der Waals surface area contributed by atoms with Gasteiger partial charge in [0.25, 0.3) is 5.91 Å². The highest BCUT2D eigenvalue weighted by molar-refractivity contribution is 5.98. The number of furan rings is 1. The Morgan fingerprint density at radius 3 is 2.62 bits per heavy atom. The van der Waals surface area contributed by atoms with Crippen LogP contribution in [0.4, 0.5) is 5.82 Å². The van der Waals surface area contributed by atoms with E-state index in [9.17, 15) is 4.79 Å². The third-order valence-corrected chi connectivity index (χ3v) is 3.54. The van der Waals surface area contributed by atoms with Crippen LogP contribution in [0.1, 0.15) is 27.0 Å². The first-order valence-electron chi connectivity index (χ1n) is 7.54. The number of nitrogens with one attached hydrogen (secondary N) is 1. The number of benzene rings is 1. The Morgan fingerprint density at radius 1 is 1.25 bits per heavy atom. The van der Waals surface area contributed by atoms with Crippen LogP contribution in [0.2, 0.25) is 0 Å². The average Bonchev–Trinajstić information content (AvgIpc) is 3.06. The first-order valence-corrected chi connectivity index (χ1v) is 7.54. The Kier molecular flexibility index (Phi) is 4.29. The summed E-state index contributed by atoms with van der Waals surface area (Å²) in [4.78, 5) is 20.6. The molecule has 0 spiro atoms. The van der Waals surface area contributed by atoms with Gasteiger partial charge in [0, 0.05) is 12.7 Å². The van der Waals surface area contributed by atoms with Gasteiger partial charge in [0.05, 0.1) is 11.8 Å². The first kappa shape index (κ1) is 15.7. The number of hydrogen-bond acceptors (Lipinski definition) is 5. The fourth-order valence-corrected chi connectivity index (χ4v) is 2.54. The standard InChI is InChI=1S/C18H18N4O2/c1-11-6-12(2)8-13(7-11)9-21-18(23)14-10-20-17(22-16(14)19)15-4-3-5-24-15/h3-8,10H,9H2,1-2H3,(H,21,23)(H2,19,20,22). The molecule has 0 saturated heterocycles. The monoisotopic (exact) mass is 322 g/mol. The number of aryl methyl sites for hydroxylation is 2. The third kappa shape index (κ3) is 3.43. The van der Waals surface area contributed by atoms with Gasteiger partial charge in [-0.15, -0.1) is 0 Å². The van der Waals surface area contributed by atoms with Crippen LogP contribution in [0.5, 0.6) is 0 Å². The van der Waals surface area contributed by atoms with Crippen molar-refractivity contribution in [1.82, 2.24) is 15.3 Å². The van der Waals surface area contributed by atoms with Gasteiger partial charge >= 0.3 is 0 Å². The Balaban J connectivity index is 1.73. The van der Waals surface area contributed by atoms with Crippen LogP contribution < -0.4 is 11.1 Å². The second-order valence-electron chi connectivity index (χ2n) is 5.65. The van der Waals surface area contributed by atoms with E-state index in [1.165, 1.54) is 12.5 Å². The number of aromatic nitrogens is 2. The van der Waals surface area contributed by atoms with E-state index in [1.54, 1.807) is 12.1 Å². The smallest absolute Gasteiger partial charge is 0.256 e. The lowest BCUT2D eigenvalue weighted by Gasteiger charge is -2.09. The van der Waals surface area contributed by atoms with Crippen molar-refractivity contribution in [2.24, 2.45) is 0 Å². The first-order chi connectivity index (χ1) is 11.5. The van der Waals surface area contributed by atoms with Crippen LogP contribution in [-0.4, -0.2) is 15.9 Å². The maximum absolute atomic E-state index is 12.3. The fraction of sp³-hybridized carbons (Fsp3) is 0.167. The summed E-state index contributed by atoms with van der Waals surface area (Å²) in [5.41, 5.74) is 9.49. The molecule has 0 aliphatic carbocycles. The van der Waals surface area contributed by atoms with E-state index in [-0.39, 0.29) is 17.3 Å². The molecule has 0 aliphatic rings. The van der Waals surface area contributed by atoms with Gasteiger partial charge in [-0.2, -0.15) is 0 Å². The van der Waals surface area contributed by atoms with E-state index in [4.69, 9.17) is 10.2 Å². The number of nitrogen functional groups attached to an aromatic ring is 1. The van der Waals surface area contributed by atoms with Gasteiger partial charge in [-0.25, -0.2) is 9.97 Å². The molecule has 3 aromatic rings. The van der Waals surface area contributed by atoms with Crippen molar-refractivity contribution < 1.29 is 9.21 Å². The Morgan fingerprint density at radius 2 is 2.00 bits per heavy atom. The zero-order valence-electron chi connectivity index (χ0n) is 13.5. The van der Waals surface area contributed by atoms with Crippen LogP contribution in [0, 0.1) is 13.8 Å². The van der Waals surface area contributed by atoms with E-state index >= 15 is 0 Å². The minimum absolute atomic E-state index is 0.120. The average molecular weight is 322 g/mol. The molecule has 0 fully saturated rings. The Labute approximate surface area is 139 Å². The zero-order valence-corrected chi connectivity index (χ0v) is 13.5. The van der Waals surface area contributed by atoms with Crippen LogP contribution in [-0.2, 0) is 6.54 Å². The van der Waals surface area contributed by atoms with Gasteiger partial charge in [-0.3, -0.25) is 4.79 Å². The summed E-state index contributed by atoms with van der Waals surface area (Å²) in [6, 6.07) is 9.62. The second kappa shape index (κ2) is 6.54. The van der Waals surface area contributed by atoms with E-state index < -0.39 is 0 Å². The number of anilines is 1. The minimum atomic E-state index is -0.308. The van der Waals surface area contributed by atoms with Crippen LogP contribution in [0.3, 0.4) is 0 Å². The lowest BCUT2D eigenvalue weighted by atomic mass is 10.1. The molecule has 0 saturated carbocycles. The fourth-order valence-electron chi connectivity index (χ4n) is 2.54. The van der Waals surface area contributed by atoms with Crippen molar-refractivity contribution in [3.63, 3.8) is 0 Å². The van der Waals surface area contributed by atoms with Crippen molar-refractivity contribution in [2.75, 3.05) is 5.73 Å². The molecule has 3 rings (SSSR count). The van der Waals surface area contributed by atoms with Crippen LogP contribution in [0.15, 0.2) is 47.2 Å². The highest BCUT2D eigenvalue weighted by Gasteiger charge is 2.14. The highest BCUT2D eigenvalue weighted by Crippen LogP contribution is 2.18. The zero-order chi connectivity index (χ0) is 17.1. The molecule has 0 atom stereocenters. The van der Waals surface area contributed by atoms with Crippen molar-refractivity contribution in [1.29, 1.82) is 0 Å². The quantitative estimate of drug-likeness (QED) is 0.770. The van der Waals surface area contributed by atoms with Gasteiger partial charge < -0.3 is 15.5 Å². The number of nitrogens with zero attached hydrogens (tertiary/aromatic N) is 2. The van der Waals surface area contributed by atoms with E-state index in [1.807, 2.05) is 26.0 Å². The summed E-state index contributed by atoms with van der Waals surface area (Å²) in [6.45, 7) is 4.47. The van der Waals surface area contributed by atoms with Crippen molar-refractivity contribution in [2.45, 2.75) is 20.4 Å². The maximum atomic E-state index is 12.3. The molecule has 0 radical (unpaired) electrons. The van der Waals surface area contributed by atoms with E-state index in [0.717, 1.165) is 16.7 Å². The molecule has 24 heavy (non-hydrogen) atoms. The summed E-state index contributed by atoms with van der Waals surface area (Å²) in [7, 11) is 0. The molecular formula is C18H18N4O2. The normalized spacial score (nSPS) is 10.6. The van der Waals surface area contributed by atoms with Crippen molar-refractivity contribution in [3.8, 4) is 11.6 Å². The minimum Gasteiger partial charge on any atom is -0.461 e. The van der Waals surface area contributed by atoms with Crippen molar-refractivity contribution >= 4 is 11.7 Å². The summed E-state index contributed by atoms with van der Waals surface area (Å²) in [6.07, 6.45) is 2.94. The number of rotatable bonds is 4. The van der Waals surface area contributed by atoms with E-state index in [2.05, 4.69) is 21.4 Å². The molecule has 122 valence electrons. The van der Waals surface area contributed by atoms with Crippen LogP contribution >= 0.6 is 0 Å². The van der Waals surface area contributed by atoms with Gasteiger partial charge in [0.2, 0.25) is 0 Å². The SMILES string of the molecule is Cc1cc(C)cc(CNC(=O)c2cnc(-c3ccco3)nc2N)c1. The number of hydrogen-bond donors (Lipinski definition) is 2. The topological polar surface area (TPSA) is 94.0 Å². The Bertz CT molecular complexity index is 852. The molecule has 3 N–H and O–H groups in total. The molecule has 0 aliphatic heterocycles. The molecule has 0 unspecified atom stereocenters. The largest absolute Gasteiger partial charge is 0.461 e. The third-order valence-electron chi connectivity index (χ3n) is 3.54. The summed E-state index contributed by atoms with van der Waals surface area (Å²) in [5.74, 6) is 0.666. The molecule has 1 amide bonds. The van der Waals surface area contributed by atoms with Gasteiger partial charge in [-0.05, 0) is 31.5 Å². The van der Waals surface area contributed by atoms with Crippen LogP contribution in [0.25, 0.3) is 11.6 Å². The molecule has 6 heteroatoms. The predicted octanol–water partition coefficient (Wildman–Crippen LogP) is 2.87. The highest BCUT2D eigenvalue weighted by atomic mass is 16.3. The summed E-state index contributed by atoms with van der Waals surface area (Å²) < 4.78 is 5.22. The molecule has 2 heterocycles. The molecule has 6 nitrogen and oxygen atoms in total. The molecular weight excluding hydrogens is 304 g/mol. The van der Waals surface area contributed by atoms with Gasteiger partial charge in [0.1, 0.15) is 5.82 Å². The molecule has 2 aromatic heterocycles. The lowest BCUT2D eigenvalue weighted by molar-refractivity contribution is 0.0951. The van der Waals surface area contributed by atoms with E-state index in [0.29, 0.717) is 18.1 Å². The van der Waals surface area contributed by atoms with Gasteiger partial charge in [0.15, 0.2) is 11.6 Å². The number of amides is 1. The predicted molar refractivity (Wildman–Crippen MR) is 91.2 cm³/mol. The summed E-state index contributed by atoms with van der Waals surface area (Å²) >= 11 is 0. The molecule has 0 bridgehead atoms. The molecule has 1 aromatic carbocycles. The number of carbonyl (C=O) groups excluding carboxylic acids is 1. The Hall–Kier alpha value is -3.15. The number of carbonyl (C=O) groups is 1. The van der Waals surface area contributed by atoms with Gasteiger partial charge in [-0.1, -0.05) is 29.3 Å². The lowest BCUT2D eigenvalue weighted by Crippen LogP contribution is -2.24. The second-order valence-corrected chi connectivity index (χ2v) is 5.65. The summed E-state index contributed by atoms with van der Waals surface area (Å²) in [5, 5.41) is 2.84. The number of nitrogens with two attached hydrogens (primary N) is 1. The van der Waals surface area contributed by atoms with Crippen molar-refractivity contribution in [3.05, 3.63) is 65.0 Å². The maximum Gasteiger partial charge on any atom is 0.256 e.